The SMILES string of the molecule is CN(C)[C@@H]1C(=O)C(C(N)=O)C(=O)[C@]2(O)C(=O)C3C(=O)c4c(O)ccc(F)c4C(C)(O)[C@H]3C[C@H]12. The van der Waals surface area contributed by atoms with E-state index in [0.717, 1.165) is 12.1 Å². The van der Waals surface area contributed by atoms with E-state index in [0.29, 0.717) is 0 Å². The minimum absolute atomic E-state index is 0.397. The van der Waals surface area contributed by atoms with Crippen LogP contribution in [0.1, 0.15) is 29.3 Å². The van der Waals surface area contributed by atoms with Gasteiger partial charge in [0.15, 0.2) is 34.7 Å². The molecule has 7 atom stereocenters. The first kappa shape index (κ1) is 23.1. The number of nitrogens with two attached hydrogens (primary N) is 1. The summed E-state index contributed by atoms with van der Waals surface area (Å²) in [5.41, 5.74) is -0.977. The molecule has 0 heterocycles. The highest BCUT2D eigenvalue weighted by Crippen LogP contribution is 2.56. The number of ketones is 4. The van der Waals surface area contributed by atoms with Gasteiger partial charge in [-0.2, -0.15) is 0 Å². The average molecular weight is 462 g/mol. The Hall–Kier alpha value is -3.02. The molecular formula is C22H23FN2O8. The van der Waals surface area contributed by atoms with Crippen LogP contribution < -0.4 is 5.73 Å². The van der Waals surface area contributed by atoms with Crippen LogP contribution in [0.2, 0.25) is 0 Å². The predicted octanol–water partition coefficient (Wildman–Crippen LogP) is -1.33. The maximum absolute atomic E-state index is 14.7. The van der Waals surface area contributed by atoms with Crippen LogP contribution in [0.15, 0.2) is 12.1 Å². The number of primary amides is 1. The summed E-state index contributed by atoms with van der Waals surface area (Å²) in [7, 11) is 2.87. The fourth-order valence-electron chi connectivity index (χ4n) is 5.95. The Morgan fingerprint density at radius 2 is 1.73 bits per heavy atom. The van der Waals surface area contributed by atoms with Crippen LogP contribution in [0.25, 0.3) is 0 Å². The molecule has 3 aliphatic carbocycles. The monoisotopic (exact) mass is 462 g/mol. The molecule has 2 saturated carbocycles. The highest BCUT2D eigenvalue weighted by Gasteiger charge is 2.71. The van der Waals surface area contributed by atoms with E-state index in [9.17, 15) is 43.7 Å². The second-order valence-electron chi connectivity index (χ2n) is 9.40. The number of fused-ring (bicyclic) bond motifs is 3. The molecule has 1 aromatic carbocycles. The van der Waals surface area contributed by atoms with Crippen LogP contribution in [0.3, 0.4) is 0 Å². The summed E-state index contributed by atoms with van der Waals surface area (Å²) >= 11 is 0. The topological polar surface area (TPSA) is 175 Å². The van der Waals surface area contributed by atoms with Gasteiger partial charge in [-0.05, 0) is 39.6 Å². The lowest BCUT2D eigenvalue weighted by atomic mass is 9.49. The number of phenolic OH excluding ortho intramolecular Hbond substituents is 1. The minimum atomic E-state index is -2.92. The maximum Gasteiger partial charge on any atom is 0.235 e. The van der Waals surface area contributed by atoms with Gasteiger partial charge in [0.1, 0.15) is 11.6 Å². The van der Waals surface area contributed by atoms with Crippen LogP contribution in [-0.4, -0.2) is 75.0 Å². The van der Waals surface area contributed by atoms with Crippen molar-refractivity contribution in [3.63, 3.8) is 0 Å². The van der Waals surface area contributed by atoms with Crippen LogP contribution in [0.4, 0.5) is 4.39 Å². The molecule has 1 aromatic rings. The van der Waals surface area contributed by atoms with Gasteiger partial charge in [-0.15, -0.1) is 0 Å². The number of aliphatic hydroxyl groups is 2. The molecule has 0 spiro atoms. The van der Waals surface area contributed by atoms with E-state index in [1.165, 1.54) is 25.9 Å². The molecule has 3 aliphatic rings. The summed E-state index contributed by atoms with van der Waals surface area (Å²) < 4.78 is 14.7. The lowest BCUT2D eigenvalue weighted by Crippen LogP contribution is -2.75. The summed E-state index contributed by atoms with van der Waals surface area (Å²) in [5.74, 6) is -14.4. The largest absolute Gasteiger partial charge is 0.507 e. The van der Waals surface area contributed by atoms with E-state index in [4.69, 9.17) is 5.73 Å². The number of likely N-dealkylation sites (N-methyl/N-ethyl adjacent to an activating group) is 1. The van der Waals surface area contributed by atoms with Crippen LogP contribution in [0, 0.1) is 29.5 Å². The van der Waals surface area contributed by atoms with Gasteiger partial charge >= 0.3 is 0 Å². The van der Waals surface area contributed by atoms with Crippen molar-refractivity contribution < 1.29 is 43.7 Å². The van der Waals surface area contributed by atoms with Crippen molar-refractivity contribution in [3.8, 4) is 5.75 Å². The van der Waals surface area contributed by atoms with E-state index in [1.54, 1.807) is 0 Å². The Balaban J connectivity index is 1.97. The van der Waals surface area contributed by atoms with Gasteiger partial charge in [-0.3, -0.25) is 28.9 Å². The fourth-order valence-corrected chi connectivity index (χ4v) is 5.95. The van der Waals surface area contributed by atoms with Crippen LogP contribution in [-0.2, 0) is 24.8 Å². The molecule has 1 amide bonds. The van der Waals surface area contributed by atoms with Crippen molar-refractivity contribution in [2.75, 3.05) is 14.1 Å². The molecule has 0 bridgehead atoms. The van der Waals surface area contributed by atoms with Crippen LogP contribution >= 0.6 is 0 Å². The number of carbonyl (C=O) groups is 5. The third-order valence-corrected chi connectivity index (χ3v) is 7.43. The Kier molecular flexibility index (Phi) is 4.90. The molecule has 0 saturated heterocycles. The molecule has 0 aromatic heterocycles. The molecule has 0 radical (unpaired) electrons. The van der Waals surface area contributed by atoms with Gasteiger partial charge in [0.2, 0.25) is 5.91 Å². The fraction of sp³-hybridized carbons (Fsp3) is 0.500. The quantitative estimate of drug-likeness (QED) is 0.388. The van der Waals surface area contributed by atoms with Gasteiger partial charge in [0, 0.05) is 17.4 Å². The molecule has 2 fully saturated rings. The number of hydrogen-bond acceptors (Lipinski definition) is 9. The smallest absolute Gasteiger partial charge is 0.235 e. The number of carbonyl (C=O) groups excluding carboxylic acids is 5. The third-order valence-electron chi connectivity index (χ3n) is 7.43. The van der Waals surface area contributed by atoms with Crippen molar-refractivity contribution in [1.82, 2.24) is 4.90 Å². The van der Waals surface area contributed by atoms with Gasteiger partial charge in [-0.1, -0.05) is 0 Å². The van der Waals surface area contributed by atoms with E-state index in [1.807, 2.05) is 0 Å². The van der Waals surface area contributed by atoms with Crippen molar-refractivity contribution in [2.45, 2.75) is 30.6 Å². The first-order valence-corrected chi connectivity index (χ1v) is 10.3. The zero-order valence-corrected chi connectivity index (χ0v) is 18.0. The number of nitrogens with zero attached hydrogens (tertiary/aromatic N) is 1. The Morgan fingerprint density at radius 1 is 1.12 bits per heavy atom. The van der Waals surface area contributed by atoms with E-state index in [2.05, 4.69) is 0 Å². The zero-order valence-electron chi connectivity index (χ0n) is 18.0. The number of phenols is 1. The standard InChI is InChI=1S/C22H23FN2O8/c1-21(32)7-6-8-15(25(2)3)17(28)13(20(24)31)19(30)22(8,33)18(29)11(7)16(27)12-10(26)5-4-9(23)14(12)21/h4-5,7-8,11,13,15,26,32-33H,6H2,1-3H3,(H2,24,31)/t7-,8+,11?,13?,15-,21?,22+/m0/s1. The predicted molar refractivity (Wildman–Crippen MR) is 107 cm³/mol. The van der Waals surface area contributed by atoms with Crippen molar-refractivity contribution >= 4 is 29.0 Å². The number of amides is 1. The van der Waals surface area contributed by atoms with Crippen molar-refractivity contribution in [1.29, 1.82) is 0 Å². The van der Waals surface area contributed by atoms with Crippen LogP contribution in [0.5, 0.6) is 5.75 Å². The summed E-state index contributed by atoms with van der Waals surface area (Å²) in [6.07, 6.45) is -0.397. The van der Waals surface area contributed by atoms with Gasteiger partial charge in [-0.25, -0.2) is 4.39 Å². The Morgan fingerprint density at radius 3 is 2.27 bits per heavy atom. The van der Waals surface area contributed by atoms with E-state index >= 15 is 0 Å². The number of hydrogen-bond donors (Lipinski definition) is 4. The normalized spacial score (nSPS) is 38.1. The molecule has 3 unspecified atom stereocenters. The highest BCUT2D eigenvalue weighted by atomic mass is 19.1. The molecule has 5 N–H and O–H groups in total. The van der Waals surface area contributed by atoms with Gasteiger partial charge in [0.25, 0.3) is 0 Å². The summed E-state index contributed by atoms with van der Waals surface area (Å²) in [6.45, 7) is 1.17. The third kappa shape index (κ3) is 2.73. The molecule has 0 aliphatic heterocycles. The molecule has 176 valence electrons. The number of Topliss-reactive ketones (excluding diaryl/α,β-unsaturated/α-hetero) is 4. The number of halogens is 1. The summed E-state index contributed by atoms with van der Waals surface area (Å²) in [4.78, 5) is 66.3. The molecule has 11 heteroatoms. The second-order valence-corrected chi connectivity index (χ2v) is 9.40. The van der Waals surface area contributed by atoms with Gasteiger partial charge in [0.05, 0.1) is 23.1 Å². The lowest BCUT2D eigenvalue weighted by molar-refractivity contribution is -0.188. The number of benzene rings is 1. The molecule has 33 heavy (non-hydrogen) atoms. The number of rotatable bonds is 2. The molecular weight excluding hydrogens is 439 g/mol. The molecule has 10 nitrogen and oxygen atoms in total. The maximum atomic E-state index is 14.7. The Labute approximate surface area is 187 Å². The van der Waals surface area contributed by atoms with Crippen molar-refractivity contribution in [2.24, 2.45) is 29.4 Å². The van der Waals surface area contributed by atoms with Crippen molar-refractivity contribution in [3.05, 3.63) is 29.1 Å². The second kappa shape index (κ2) is 6.99. The summed E-state index contributed by atoms with van der Waals surface area (Å²) in [6, 6.07) is 0.435. The van der Waals surface area contributed by atoms with Gasteiger partial charge < -0.3 is 21.1 Å². The molecule has 4 rings (SSSR count). The minimum Gasteiger partial charge on any atom is -0.507 e. The first-order valence-electron chi connectivity index (χ1n) is 10.3. The Bertz CT molecular complexity index is 1150. The highest BCUT2D eigenvalue weighted by molar-refractivity contribution is 6.32. The zero-order chi connectivity index (χ0) is 24.8. The first-order chi connectivity index (χ1) is 15.2. The lowest BCUT2D eigenvalue weighted by Gasteiger charge is -2.55. The average Bonchev–Trinajstić information content (AvgIpc) is 2.69. The van der Waals surface area contributed by atoms with E-state index < -0.39 is 99.1 Å². The number of aromatic hydroxyl groups is 1. The van der Waals surface area contributed by atoms with E-state index in [-0.39, 0.29) is 0 Å². The summed E-state index contributed by atoms with van der Waals surface area (Å²) in [5, 5.41) is 33.0.